The van der Waals surface area contributed by atoms with Gasteiger partial charge in [0.2, 0.25) is 0 Å². The second-order valence-corrected chi connectivity index (χ2v) is 7.94. The Morgan fingerprint density at radius 2 is 1.84 bits per heavy atom. The minimum atomic E-state index is -0.598. The van der Waals surface area contributed by atoms with Crippen molar-refractivity contribution >= 4 is 40.2 Å². The van der Waals surface area contributed by atoms with Crippen LogP contribution in [0.15, 0.2) is 69.8 Å². The van der Waals surface area contributed by atoms with Crippen molar-refractivity contribution in [2.75, 3.05) is 31.7 Å². The molecule has 1 aliphatic rings. The first kappa shape index (κ1) is 23.5. The van der Waals surface area contributed by atoms with Crippen LogP contribution in [0.25, 0.3) is 6.08 Å². The average Bonchev–Trinajstić information content (AvgIpc) is 3.10. The Morgan fingerprint density at radius 1 is 1.12 bits per heavy atom. The first-order valence-corrected chi connectivity index (χ1v) is 11.4. The predicted octanol–water partition coefficient (Wildman–Crippen LogP) is 5.73. The number of thioether (sulfide) groups is 1. The van der Waals surface area contributed by atoms with Crippen LogP contribution in [0.1, 0.15) is 26.3 Å². The number of nitrogens with zero attached hydrogens (tertiary/aromatic N) is 2. The van der Waals surface area contributed by atoms with Crippen LogP contribution >= 0.6 is 11.8 Å². The molecule has 6 nitrogen and oxygen atoms in total. The summed E-state index contributed by atoms with van der Waals surface area (Å²) in [6, 6.07) is 15.2. The molecule has 0 amide bonds. The molecule has 0 saturated carbocycles. The number of esters is 1. The van der Waals surface area contributed by atoms with Crippen LogP contribution in [0.3, 0.4) is 0 Å². The van der Waals surface area contributed by atoms with E-state index in [1.54, 1.807) is 20.1 Å². The zero-order valence-electron chi connectivity index (χ0n) is 18.8. The molecule has 168 valence electrons. The van der Waals surface area contributed by atoms with Gasteiger partial charge in [0.15, 0.2) is 0 Å². The summed E-state index contributed by atoms with van der Waals surface area (Å²) < 4.78 is 10.8. The number of hydrogen-bond acceptors (Lipinski definition) is 7. The van der Waals surface area contributed by atoms with E-state index >= 15 is 0 Å². The van der Waals surface area contributed by atoms with Crippen molar-refractivity contribution in [3.05, 3.63) is 70.3 Å². The van der Waals surface area contributed by atoms with E-state index in [4.69, 9.17) is 9.47 Å². The quantitative estimate of drug-likeness (QED) is 0.516. The second-order valence-electron chi connectivity index (χ2n) is 6.91. The van der Waals surface area contributed by atoms with E-state index < -0.39 is 5.97 Å². The molecule has 0 aliphatic carbocycles. The van der Waals surface area contributed by atoms with Crippen LogP contribution < -0.4 is 9.64 Å². The largest absolute Gasteiger partial charge is 0.506 e. The maximum absolute atomic E-state index is 12.6. The molecule has 2 aromatic carbocycles. The van der Waals surface area contributed by atoms with Crippen molar-refractivity contribution in [3.63, 3.8) is 0 Å². The molecule has 1 aliphatic heterocycles. The van der Waals surface area contributed by atoms with Gasteiger partial charge in [-0.05, 0) is 51.1 Å². The number of carbonyl (C=O) groups excluding carboxylic acids is 1. The monoisotopic (exact) mass is 452 g/mol. The fraction of sp³-hybridized carbons (Fsp3) is 0.280. The van der Waals surface area contributed by atoms with Gasteiger partial charge in [-0.2, -0.15) is 0 Å². The number of anilines is 1. The highest BCUT2D eigenvalue weighted by atomic mass is 32.2. The summed E-state index contributed by atoms with van der Waals surface area (Å²) in [4.78, 5) is 19.9. The maximum Gasteiger partial charge on any atom is 0.344 e. The van der Waals surface area contributed by atoms with E-state index in [1.807, 2.05) is 48.5 Å². The molecule has 1 heterocycles. The lowest BCUT2D eigenvalue weighted by atomic mass is 10.1. The lowest BCUT2D eigenvalue weighted by Crippen LogP contribution is -2.21. The van der Waals surface area contributed by atoms with E-state index in [1.165, 1.54) is 11.8 Å². The minimum absolute atomic E-state index is 0.0747. The van der Waals surface area contributed by atoms with E-state index in [0.717, 1.165) is 24.3 Å². The standard InChI is InChI=1S/C25H28N2O4S/c1-5-27(6-2)19-14-13-17(20(16-19)30-4)15-21-23(28)22(25(29)31-7-3)24(32-21)26-18-11-9-8-10-12-18/h8-16,28H,5-7H2,1-4H3/b21-15-,26-24?. The summed E-state index contributed by atoms with van der Waals surface area (Å²) >= 11 is 1.23. The number of aliphatic imine (C=N–C) groups is 1. The number of methoxy groups -OCH3 is 1. The van der Waals surface area contributed by atoms with Crippen molar-refractivity contribution in [1.82, 2.24) is 0 Å². The van der Waals surface area contributed by atoms with Gasteiger partial charge in [0.25, 0.3) is 0 Å². The summed E-state index contributed by atoms with van der Waals surface area (Å²) in [5.74, 6) is -0.0566. The molecule has 0 unspecified atom stereocenters. The SMILES string of the molecule is CCOC(=O)C1=C(O)/C(=C/c2ccc(N(CC)CC)cc2OC)SC1=Nc1ccccc1. The normalized spacial score (nSPS) is 16.0. The molecule has 3 rings (SSSR count). The smallest absolute Gasteiger partial charge is 0.344 e. The van der Waals surface area contributed by atoms with Crippen molar-refractivity contribution in [2.45, 2.75) is 20.8 Å². The molecule has 0 radical (unpaired) electrons. The summed E-state index contributed by atoms with van der Waals surface area (Å²) in [7, 11) is 1.62. The highest BCUT2D eigenvalue weighted by Gasteiger charge is 2.33. The Labute approximate surface area is 193 Å². The molecular formula is C25H28N2O4S. The van der Waals surface area contributed by atoms with Gasteiger partial charge in [0, 0.05) is 30.4 Å². The fourth-order valence-corrected chi connectivity index (χ4v) is 4.38. The summed E-state index contributed by atoms with van der Waals surface area (Å²) in [5, 5.41) is 11.3. The van der Waals surface area contributed by atoms with Crippen molar-refractivity contribution < 1.29 is 19.4 Å². The Balaban J connectivity index is 2.04. The molecule has 1 N–H and O–H groups in total. The summed E-state index contributed by atoms with van der Waals surface area (Å²) in [6.45, 7) is 7.93. The molecule has 32 heavy (non-hydrogen) atoms. The van der Waals surface area contributed by atoms with Gasteiger partial charge in [-0.1, -0.05) is 30.0 Å². The van der Waals surface area contributed by atoms with Gasteiger partial charge in [-0.25, -0.2) is 9.79 Å². The summed E-state index contributed by atoms with van der Waals surface area (Å²) in [5.41, 5.74) is 2.62. The van der Waals surface area contributed by atoms with Gasteiger partial charge in [-0.15, -0.1) is 0 Å². The molecular weight excluding hydrogens is 424 g/mol. The number of aliphatic hydroxyl groups is 1. The zero-order valence-corrected chi connectivity index (χ0v) is 19.6. The first-order chi connectivity index (χ1) is 15.5. The Morgan fingerprint density at radius 3 is 2.47 bits per heavy atom. The maximum atomic E-state index is 12.6. The van der Waals surface area contributed by atoms with Crippen molar-refractivity contribution in [3.8, 4) is 5.75 Å². The highest BCUT2D eigenvalue weighted by molar-refractivity contribution is 8.18. The van der Waals surface area contributed by atoms with E-state index in [9.17, 15) is 9.90 Å². The zero-order chi connectivity index (χ0) is 23.1. The molecule has 0 bridgehead atoms. The van der Waals surface area contributed by atoms with Crippen LogP contribution in [0.2, 0.25) is 0 Å². The number of para-hydroxylation sites is 1. The van der Waals surface area contributed by atoms with E-state index in [0.29, 0.717) is 21.4 Å². The van der Waals surface area contributed by atoms with Crippen molar-refractivity contribution in [1.29, 1.82) is 0 Å². The Hall–Kier alpha value is -3.19. The second kappa shape index (κ2) is 10.9. The number of benzene rings is 2. The first-order valence-electron chi connectivity index (χ1n) is 10.6. The third-order valence-corrected chi connectivity index (χ3v) is 6.01. The van der Waals surface area contributed by atoms with Gasteiger partial charge in [0.1, 0.15) is 22.1 Å². The van der Waals surface area contributed by atoms with Gasteiger partial charge in [-0.3, -0.25) is 0 Å². The van der Waals surface area contributed by atoms with Crippen LogP contribution in [0, 0.1) is 0 Å². The van der Waals surface area contributed by atoms with E-state index in [-0.39, 0.29) is 17.9 Å². The lowest BCUT2D eigenvalue weighted by molar-refractivity contribution is -0.138. The predicted molar refractivity (Wildman–Crippen MR) is 132 cm³/mol. The molecule has 7 heteroatoms. The summed E-state index contributed by atoms with van der Waals surface area (Å²) in [6.07, 6.45) is 1.80. The number of carbonyl (C=O) groups is 1. The Bertz CT molecular complexity index is 1060. The molecule has 0 aromatic heterocycles. The molecule has 0 spiro atoms. The molecule has 0 saturated heterocycles. The molecule has 2 aromatic rings. The topological polar surface area (TPSA) is 71.4 Å². The minimum Gasteiger partial charge on any atom is -0.506 e. The third-order valence-electron chi connectivity index (χ3n) is 4.99. The average molecular weight is 453 g/mol. The van der Waals surface area contributed by atoms with Gasteiger partial charge in [0.05, 0.1) is 24.3 Å². The molecule has 0 fully saturated rings. The van der Waals surface area contributed by atoms with Gasteiger partial charge < -0.3 is 19.5 Å². The van der Waals surface area contributed by atoms with E-state index in [2.05, 4.69) is 23.7 Å². The van der Waals surface area contributed by atoms with Crippen LogP contribution in [-0.2, 0) is 9.53 Å². The fourth-order valence-electron chi connectivity index (χ4n) is 3.36. The Kier molecular flexibility index (Phi) is 8.00. The third kappa shape index (κ3) is 5.16. The van der Waals surface area contributed by atoms with Gasteiger partial charge >= 0.3 is 5.97 Å². The van der Waals surface area contributed by atoms with Crippen LogP contribution in [0.5, 0.6) is 5.75 Å². The highest BCUT2D eigenvalue weighted by Crippen LogP contribution is 2.41. The van der Waals surface area contributed by atoms with Crippen LogP contribution in [0.4, 0.5) is 11.4 Å². The molecule has 0 atom stereocenters. The number of rotatable bonds is 8. The number of ether oxygens (including phenoxy) is 2. The van der Waals surface area contributed by atoms with Crippen molar-refractivity contribution in [2.24, 2.45) is 4.99 Å². The van der Waals surface area contributed by atoms with Crippen LogP contribution in [-0.4, -0.2) is 42.9 Å². The number of hydrogen-bond donors (Lipinski definition) is 1. The lowest BCUT2D eigenvalue weighted by Gasteiger charge is -2.22. The number of aliphatic hydroxyl groups excluding tert-OH is 1.